The normalized spacial score (nSPS) is 10.5. The fraction of sp³-hybridized carbons (Fsp3) is 0.120. The minimum absolute atomic E-state index is 0.0197. The molecule has 0 saturated carbocycles. The Balaban J connectivity index is 1.54. The lowest BCUT2D eigenvalue weighted by Gasteiger charge is -2.10. The predicted octanol–water partition coefficient (Wildman–Crippen LogP) is 4.72. The van der Waals surface area contributed by atoms with E-state index in [1.54, 1.807) is 87.0 Å². The first-order valence-corrected chi connectivity index (χ1v) is 10.1. The fourth-order valence-corrected chi connectivity index (χ4v) is 3.23. The summed E-state index contributed by atoms with van der Waals surface area (Å²) in [7, 11) is 3.09. The number of fused-ring (bicyclic) bond motifs is 1. The van der Waals surface area contributed by atoms with Gasteiger partial charge in [0.1, 0.15) is 28.5 Å². The lowest BCUT2D eigenvalue weighted by Crippen LogP contribution is -2.22. The number of carbonyl (C=O) groups excluding carboxylic acids is 2. The molecule has 3 aromatic carbocycles. The first kappa shape index (κ1) is 21.8. The quantitative estimate of drug-likeness (QED) is 0.406. The van der Waals surface area contributed by atoms with Gasteiger partial charge < -0.3 is 29.3 Å². The molecule has 0 aliphatic heterocycles. The number of hydrogen-bond donors (Lipinski definition) is 2. The molecule has 33 heavy (non-hydrogen) atoms. The van der Waals surface area contributed by atoms with Crippen molar-refractivity contribution in [1.29, 1.82) is 0 Å². The maximum atomic E-state index is 13.0. The second kappa shape index (κ2) is 9.78. The topological polar surface area (TPSA) is 99.0 Å². The Hall–Kier alpha value is -4.46. The number of para-hydroxylation sites is 1. The van der Waals surface area contributed by atoms with Gasteiger partial charge in [0.15, 0.2) is 6.61 Å². The molecule has 0 bridgehead atoms. The highest BCUT2D eigenvalue weighted by Crippen LogP contribution is 2.32. The van der Waals surface area contributed by atoms with Crippen LogP contribution in [0.3, 0.4) is 0 Å². The molecule has 0 atom stereocenters. The van der Waals surface area contributed by atoms with Gasteiger partial charge >= 0.3 is 0 Å². The largest absolute Gasteiger partial charge is 0.497 e. The van der Waals surface area contributed by atoms with Crippen LogP contribution in [-0.4, -0.2) is 32.6 Å². The Morgan fingerprint density at radius 1 is 0.818 bits per heavy atom. The van der Waals surface area contributed by atoms with Crippen LogP contribution in [0, 0.1) is 0 Å². The van der Waals surface area contributed by atoms with Gasteiger partial charge in [0.2, 0.25) is 5.76 Å². The van der Waals surface area contributed by atoms with E-state index in [-0.39, 0.29) is 18.1 Å². The standard InChI is InChI=1S/C25H22N2O6/c1-30-17-8-5-7-16(13-17)26-25(29)24-23(20-11-3-4-12-21(20)33-24)27-22(28)15-32-19-10-6-9-18(14-19)31-2/h3-14H,15H2,1-2H3,(H,26,29)(H,27,28). The van der Waals surface area contributed by atoms with E-state index in [1.807, 2.05) is 0 Å². The highest BCUT2D eigenvalue weighted by molar-refractivity contribution is 6.14. The molecule has 0 unspecified atom stereocenters. The number of ether oxygens (including phenoxy) is 3. The van der Waals surface area contributed by atoms with E-state index in [9.17, 15) is 9.59 Å². The van der Waals surface area contributed by atoms with Crippen molar-refractivity contribution in [2.45, 2.75) is 0 Å². The molecule has 0 fully saturated rings. The Morgan fingerprint density at radius 3 is 2.30 bits per heavy atom. The zero-order valence-electron chi connectivity index (χ0n) is 18.1. The van der Waals surface area contributed by atoms with Crippen molar-refractivity contribution in [2.75, 3.05) is 31.5 Å². The molecule has 0 aliphatic carbocycles. The van der Waals surface area contributed by atoms with Crippen LogP contribution >= 0.6 is 0 Å². The average Bonchev–Trinajstić information content (AvgIpc) is 3.21. The molecule has 8 nitrogen and oxygen atoms in total. The maximum absolute atomic E-state index is 13.0. The Bertz CT molecular complexity index is 1300. The first-order chi connectivity index (χ1) is 16.1. The van der Waals surface area contributed by atoms with Crippen LogP contribution in [0.15, 0.2) is 77.2 Å². The summed E-state index contributed by atoms with van der Waals surface area (Å²) in [4.78, 5) is 25.6. The maximum Gasteiger partial charge on any atom is 0.293 e. The molecule has 1 heterocycles. The molecule has 0 aliphatic rings. The third-order valence-corrected chi connectivity index (χ3v) is 4.80. The van der Waals surface area contributed by atoms with Crippen LogP contribution in [-0.2, 0) is 4.79 Å². The van der Waals surface area contributed by atoms with Crippen LogP contribution < -0.4 is 24.8 Å². The van der Waals surface area contributed by atoms with Crippen LogP contribution in [0.5, 0.6) is 17.2 Å². The summed E-state index contributed by atoms with van der Waals surface area (Å²) < 4.78 is 21.7. The summed E-state index contributed by atoms with van der Waals surface area (Å²) >= 11 is 0. The minimum Gasteiger partial charge on any atom is -0.497 e. The summed E-state index contributed by atoms with van der Waals surface area (Å²) in [6.45, 7) is -0.260. The molecule has 8 heteroatoms. The van der Waals surface area contributed by atoms with E-state index < -0.39 is 11.8 Å². The van der Waals surface area contributed by atoms with Crippen molar-refractivity contribution >= 4 is 34.2 Å². The van der Waals surface area contributed by atoms with Crippen LogP contribution in [0.1, 0.15) is 10.6 Å². The number of nitrogens with one attached hydrogen (secondary N) is 2. The number of benzene rings is 3. The number of rotatable bonds is 8. The van der Waals surface area contributed by atoms with Crippen LogP contribution in [0.25, 0.3) is 11.0 Å². The van der Waals surface area contributed by atoms with Crippen LogP contribution in [0.4, 0.5) is 11.4 Å². The molecular formula is C25H22N2O6. The molecule has 0 spiro atoms. The number of anilines is 2. The smallest absolute Gasteiger partial charge is 0.293 e. The molecular weight excluding hydrogens is 424 g/mol. The summed E-state index contributed by atoms with van der Waals surface area (Å²) in [6.07, 6.45) is 0. The van der Waals surface area contributed by atoms with Gasteiger partial charge in [-0.25, -0.2) is 0 Å². The van der Waals surface area contributed by atoms with Gasteiger partial charge in [0.05, 0.1) is 14.2 Å². The van der Waals surface area contributed by atoms with Crippen molar-refractivity contribution in [2.24, 2.45) is 0 Å². The van der Waals surface area contributed by atoms with E-state index in [2.05, 4.69) is 10.6 Å². The van der Waals surface area contributed by atoms with E-state index in [0.29, 0.717) is 33.9 Å². The van der Waals surface area contributed by atoms with E-state index in [1.165, 1.54) is 0 Å². The van der Waals surface area contributed by atoms with Gasteiger partial charge in [-0.2, -0.15) is 0 Å². The molecule has 0 radical (unpaired) electrons. The average molecular weight is 446 g/mol. The van der Waals surface area contributed by atoms with Gasteiger partial charge in [-0.05, 0) is 36.4 Å². The summed E-state index contributed by atoms with van der Waals surface area (Å²) in [6, 6.07) is 20.9. The first-order valence-electron chi connectivity index (χ1n) is 10.1. The number of methoxy groups -OCH3 is 2. The fourth-order valence-electron chi connectivity index (χ4n) is 3.23. The van der Waals surface area contributed by atoms with Crippen molar-refractivity contribution in [3.05, 3.63) is 78.6 Å². The monoisotopic (exact) mass is 446 g/mol. The summed E-state index contributed by atoms with van der Waals surface area (Å²) in [5, 5.41) is 6.12. The molecule has 1 aromatic heterocycles. The zero-order valence-corrected chi connectivity index (χ0v) is 18.1. The van der Waals surface area contributed by atoms with Gasteiger partial charge in [-0.15, -0.1) is 0 Å². The van der Waals surface area contributed by atoms with E-state index in [4.69, 9.17) is 18.6 Å². The molecule has 168 valence electrons. The summed E-state index contributed by atoms with van der Waals surface area (Å²) in [5.74, 6) is 0.723. The van der Waals surface area contributed by atoms with Crippen molar-refractivity contribution in [1.82, 2.24) is 0 Å². The molecule has 2 N–H and O–H groups in total. The van der Waals surface area contributed by atoms with E-state index >= 15 is 0 Å². The van der Waals surface area contributed by atoms with Crippen LogP contribution in [0.2, 0.25) is 0 Å². The molecule has 0 saturated heterocycles. The van der Waals surface area contributed by atoms with Gasteiger partial charge in [0.25, 0.3) is 11.8 Å². The SMILES string of the molecule is COc1cccc(NC(=O)c2oc3ccccc3c2NC(=O)COc2cccc(OC)c2)c1. The third kappa shape index (κ3) is 5.07. The molecule has 4 aromatic rings. The number of amides is 2. The highest BCUT2D eigenvalue weighted by atomic mass is 16.5. The highest BCUT2D eigenvalue weighted by Gasteiger charge is 2.22. The lowest BCUT2D eigenvalue weighted by molar-refractivity contribution is -0.118. The number of furan rings is 1. The van der Waals surface area contributed by atoms with Gasteiger partial charge in [-0.1, -0.05) is 24.3 Å². The second-order valence-electron chi connectivity index (χ2n) is 7.00. The predicted molar refractivity (Wildman–Crippen MR) is 124 cm³/mol. The third-order valence-electron chi connectivity index (χ3n) is 4.80. The van der Waals surface area contributed by atoms with Crippen molar-refractivity contribution in [3.63, 3.8) is 0 Å². The van der Waals surface area contributed by atoms with Crippen molar-refractivity contribution < 1.29 is 28.2 Å². The lowest BCUT2D eigenvalue weighted by atomic mass is 10.2. The van der Waals surface area contributed by atoms with E-state index in [0.717, 1.165) is 0 Å². The van der Waals surface area contributed by atoms with Gasteiger partial charge in [0, 0.05) is 23.2 Å². The zero-order chi connectivity index (χ0) is 23.2. The van der Waals surface area contributed by atoms with Crippen molar-refractivity contribution in [3.8, 4) is 17.2 Å². The molecule has 2 amide bonds. The number of carbonyl (C=O) groups is 2. The Kier molecular flexibility index (Phi) is 6.45. The summed E-state index contributed by atoms with van der Waals surface area (Å²) in [5.41, 5.74) is 1.26. The Morgan fingerprint density at radius 2 is 1.52 bits per heavy atom. The number of hydrogen-bond acceptors (Lipinski definition) is 6. The van der Waals surface area contributed by atoms with Gasteiger partial charge in [-0.3, -0.25) is 9.59 Å². The second-order valence-corrected chi connectivity index (χ2v) is 7.00. The molecule has 4 rings (SSSR count). The minimum atomic E-state index is -0.511. The Labute approximate surface area is 190 Å².